The molecule has 2 amide bonds. The molecule has 2 heterocycles. The van der Waals surface area contributed by atoms with Crippen LogP contribution in [0.1, 0.15) is 46.7 Å². The fourth-order valence-corrected chi connectivity index (χ4v) is 4.22. The molecule has 1 aliphatic heterocycles. The fourth-order valence-electron chi connectivity index (χ4n) is 3.35. The molecule has 0 aliphatic carbocycles. The Bertz CT molecular complexity index is 869. The normalized spacial score (nSPS) is 17.5. The summed E-state index contributed by atoms with van der Waals surface area (Å²) in [6.07, 6.45) is -0.727. The molecule has 1 aromatic rings. The monoisotopic (exact) mass is 557 g/mol. The van der Waals surface area contributed by atoms with Crippen molar-refractivity contribution in [1.82, 2.24) is 9.88 Å². The van der Waals surface area contributed by atoms with Gasteiger partial charge in [-0.25, -0.2) is 14.6 Å². The molecular formula is C21H30Cl3N3O6S. The van der Waals surface area contributed by atoms with Crippen LogP contribution in [0.2, 0.25) is 0 Å². The SMILES string of the molecule is CC(C)C1COC(=O)N1C[C@@H](CC(=O)OC(C)(C)C)Cc1csc(NC(=O)OCC(Cl)(Cl)Cl)n1. The lowest BCUT2D eigenvalue weighted by Crippen LogP contribution is -2.41. The summed E-state index contributed by atoms with van der Waals surface area (Å²) in [6, 6.07) is -0.0750. The maximum atomic E-state index is 12.6. The average molecular weight is 559 g/mol. The number of carbonyl (C=O) groups excluding carboxylic acids is 3. The van der Waals surface area contributed by atoms with E-state index < -0.39 is 28.2 Å². The first kappa shape index (κ1) is 28.7. The molecule has 0 aromatic carbocycles. The molecule has 0 radical (unpaired) electrons. The van der Waals surface area contributed by atoms with Crippen LogP contribution in [0.3, 0.4) is 0 Å². The molecule has 0 spiro atoms. The van der Waals surface area contributed by atoms with Crippen molar-refractivity contribution in [1.29, 1.82) is 0 Å². The van der Waals surface area contributed by atoms with Crippen LogP contribution in [0.25, 0.3) is 0 Å². The molecule has 9 nitrogen and oxygen atoms in total. The van der Waals surface area contributed by atoms with Gasteiger partial charge in [0.2, 0.25) is 3.79 Å². The molecule has 192 valence electrons. The van der Waals surface area contributed by atoms with E-state index in [1.807, 2.05) is 13.8 Å². The van der Waals surface area contributed by atoms with Crippen molar-refractivity contribution in [2.75, 3.05) is 25.1 Å². The highest BCUT2D eigenvalue weighted by molar-refractivity contribution is 7.13. The zero-order valence-corrected chi connectivity index (χ0v) is 22.8. The molecule has 1 N–H and O–H groups in total. The number of hydrogen-bond acceptors (Lipinski definition) is 8. The van der Waals surface area contributed by atoms with Gasteiger partial charge in [-0.1, -0.05) is 48.7 Å². The molecule has 0 bridgehead atoms. The molecule has 0 saturated carbocycles. The molecule has 1 aliphatic rings. The minimum atomic E-state index is -1.72. The van der Waals surface area contributed by atoms with Crippen molar-refractivity contribution >= 4 is 69.4 Å². The largest absolute Gasteiger partial charge is 0.460 e. The van der Waals surface area contributed by atoms with E-state index in [2.05, 4.69) is 10.3 Å². The van der Waals surface area contributed by atoms with Crippen LogP contribution in [0, 0.1) is 11.8 Å². The number of esters is 1. The summed E-state index contributed by atoms with van der Waals surface area (Å²) in [5, 5.41) is 4.53. The van der Waals surface area contributed by atoms with Gasteiger partial charge in [-0.2, -0.15) is 0 Å². The quantitative estimate of drug-likeness (QED) is 0.245. The van der Waals surface area contributed by atoms with Gasteiger partial charge >= 0.3 is 18.2 Å². The van der Waals surface area contributed by atoms with E-state index in [0.717, 1.165) is 0 Å². The number of thiazole rings is 1. The second-order valence-electron chi connectivity index (χ2n) is 9.36. The van der Waals surface area contributed by atoms with E-state index in [1.54, 1.807) is 31.1 Å². The zero-order valence-electron chi connectivity index (χ0n) is 19.7. The Morgan fingerprint density at radius 3 is 2.59 bits per heavy atom. The molecule has 1 fully saturated rings. The van der Waals surface area contributed by atoms with Gasteiger partial charge in [0.05, 0.1) is 18.2 Å². The van der Waals surface area contributed by atoms with Gasteiger partial charge in [-0.3, -0.25) is 10.1 Å². The standard InChI is InChI=1S/C21H30Cl3N3O6S/c1-12(2)15-9-31-19(30)27(15)8-13(7-16(28)33-20(3,4)5)6-14-10-34-17(25-14)26-18(29)32-11-21(22,23)24/h10,12-13,15H,6-9,11H2,1-5H3,(H,25,26,29)/t13-,15?/m1/s1. The van der Waals surface area contributed by atoms with E-state index in [-0.39, 0.29) is 30.3 Å². The van der Waals surface area contributed by atoms with E-state index in [0.29, 0.717) is 30.4 Å². The fraction of sp³-hybridized carbons (Fsp3) is 0.714. The van der Waals surface area contributed by atoms with Crippen LogP contribution in [0.5, 0.6) is 0 Å². The Morgan fingerprint density at radius 1 is 1.32 bits per heavy atom. The Hall–Kier alpha value is -1.49. The topological polar surface area (TPSA) is 107 Å². The number of ether oxygens (including phenoxy) is 3. The highest BCUT2D eigenvalue weighted by atomic mass is 35.6. The highest BCUT2D eigenvalue weighted by Gasteiger charge is 2.37. The highest BCUT2D eigenvalue weighted by Crippen LogP contribution is 2.27. The number of nitrogens with zero attached hydrogens (tertiary/aromatic N) is 2. The summed E-state index contributed by atoms with van der Waals surface area (Å²) < 4.78 is 13.8. The van der Waals surface area contributed by atoms with E-state index in [4.69, 9.17) is 49.0 Å². The minimum Gasteiger partial charge on any atom is -0.460 e. The first-order chi connectivity index (χ1) is 15.6. The van der Waals surface area contributed by atoms with Crippen molar-refractivity contribution in [3.8, 4) is 0 Å². The first-order valence-electron chi connectivity index (χ1n) is 10.7. The van der Waals surface area contributed by atoms with Crippen LogP contribution >= 0.6 is 46.1 Å². The number of alkyl halides is 3. The number of amides is 2. The van der Waals surface area contributed by atoms with Crippen LogP contribution in [-0.4, -0.2) is 63.2 Å². The summed E-state index contributed by atoms with van der Waals surface area (Å²) in [7, 11) is 0. The lowest BCUT2D eigenvalue weighted by atomic mass is 9.96. The van der Waals surface area contributed by atoms with Crippen LogP contribution < -0.4 is 5.32 Å². The van der Waals surface area contributed by atoms with Crippen LogP contribution in [0.4, 0.5) is 14.7 Å². The van der Waals surface area contributed by atoms with E-state index >= 15 is 0 Å². The molecule has 34 heavy (non-hydrogen) atoms. The third kappa shape index (κ3) is 10.0. The molecule has 2 atom stereocenters. The number of rotatable bonds is 9. The summed E-state index contributed by atoms with van der Waals surface area (Å²) >= 11 is 17.9. The minimum absolute atomic E-state index is 0.0750. The molecule has 1 saturated heterocycles. The first-order valence-corrected chi connectivity index (χ1v) is 12.7. The number of hydrogen-bond donors (Lipinski definition) is 1. The molecule has 1 unspecified atom stereocenters. The van der Waals surface area contributed by atoms with Gasteiger partial charge in [0.25, 0.3) is 0 Å². The maximum absolute atomic E-state index is 12.6. The Labute approximate surface area is 218 Å². The summed E-state index contributed by atoms with van der Waals surface area (Å²) in [5.41, 5.74) is 0.0169. The van der Waals surface area contributed by atoms with Gasteiger partial charge in [0, 0.05) is 11.9 Å². The molecule has 1 aromatic heterocycles. The average Bonchev–Trinajstić information content (AvgIpc) is 3.24. The lowest BCUT2D eigenvalue weighted by molar-refractivity contribution is -0.156. The third-order valence-corrected chi connectivity index (χ3v) is 5.87. The smallest absolute Gasteiger partial charge is 0.413 e. The zero-order chi connectivity index (χ0) is 25.7. The summed E-state index contributed by atoms with van der Waals surface area (Å²) in [4.78, 5) is 42.8. The van der Waals surface area contributed by atoms with Gasteiger partial charge in [0.1, 0.15) is 18.8 Å². The van der Waals surface area contributed by atoms with Crippen molar-refractivity contribution in [3.05, 3.63) is 11.1 Å². The second-order valence-corrected chi connectivity index (χ2v) is 12.7. The maximum Gasteiger partial charge on any atom is 0.413 e. The van der Waals surface area contributed by atoms with Gasteiger partial charge in [-0.05, 0) is 39.0 Å². The number of cyclic esters (lactones) is 1. The van der Waals surface area contributed by atoms with E-state index in [9.17, 15) is 14.4 Å². The van der Waals surface area contributed by atoms with Gasteiger partial charge in [0.15, 0.2) is 5.13 Å². The predicted octanol–water partition coefficient (Wildman–Crippen LogP) is 5.43. The summed E-state index contributed by atoms with van der Waals surface area (Å²) in [6.45, 7) is 9.64. The predicted molar refractivity (Wildman–Crippen MR) is 132 cm³/mol. The third-order valence-electron chi connectivity index (χ3n) is 4.74. The van der Waals surface area contributed by atoms with Crippen LogP contribution in [0.15, 0.2) is 5.38 Å². The summed E-state index contributed by atoms with van der Waals surface area (Å²) in [5.74, 6) is -0.439. The number of nitrogens with one attached hydrogen (secondary N) is 1. The number of halogens is 3. The van der Waals surface area contributed by atoms with Crippen molar-refractivity contribution in [2.45, 2.75) is 62.9 Å². The molecule has 2 rings (SSSR count). The Morgan fingerprint density at radius 2 is 2.00 bits per heavy atom. The number of aromatic nitrogens is 1. The van der Waals surface area contributed by atoms with Crippen molar-refractivity contribution < 1.29 is 28.6 Å². The Balaban J connectivity index is 2.08. The van der Waals surface area contributed by atoms with Gasteiger partial charge < -0.3 is 19.1 Å². The number of anilines is 1. The second kappa shape index (κ2) is 12.0. The van der Waals surface area contributed by atoms with Gasteiger partial charge in [-0.15, -0.1) is 11.3 Å². The lowest BCUT2D eigenvalue weighted by Gasteiger charge is -2.29. The Kier molecular flexibility index (Phi) is 10.1. The molecular weight excluding hydrogens is 529 g/mol. The molecule has 13 heteroatoms. The number of carbonyl (C=O) groups is 3. The van der Waals surface area contributed by atoms with Crippen molar-refractivity contribution in [3.63, 3.8) is 0 Å². The van der Waals surface area contributed by atoms with Crippen molar-refractivity contribution in [2.24, 2.45) is 11.8 Å². The van der Waals surface area contributed by atoms with Crippen LogP contribution in [-0.2, 0) is 25.4 Å². The van der Waals surface area contributed by atoms with E-state index in [1.165, 1.54) is 11.3 Å².